The van der Waals surface area contributed by atoms with Gasteiger partial charge in [-0.3, -0.25) is 4.79 Å². The van der Waals surface area contributed by atoms with Gasteiger partial charge in [0.2, 0.25) is 5.78 Å². The second-order valence-corrected chi connectivity index (χ2v) is 5.08. The minimum Gasteiger partial charge on any atom is -0.483 e. The van der Waals surface area contributed by atoms with Gasteiger partial charge in [-0.2, -0.15) is 5.26 Å². The molecule has 0 unspecified atom stereocenters. The summed E-state index contributed by atoms with van der Waals surface area (Å²) in [5.74, 6) is 0.542. The maximum Gasteiger partial charge on any atom is 0.203 e. The average Bonchev–Trinajstić information content (AvgIpc) is 2.49. The highest BCUT2D eigenvalue weighted by atomic mass is 16.5. The molecular weight excluding hydrogens is 262 g/mol. The molecular formula is C18H17NO2. The molecule has 0 N–H and O–H groups in total. The third-order valence-electron chi connectivity index (χ3n) is 3.32. The number of rotatable bonds is 4. The Morgan fingerprint density at radius 3 is 2.43 bits per heavy atom. The Morgan fingerprint density at radius 2 is 1.81 bits per heavy atom. The van der Waals surface area contributed by atoms with Crippen LogP contribution in [0.3, 0.4) is 0 Å². The molecule has 21 heavy (non-hydrogen) atoms. The highest BCUT2D eigenvalue weighted by Crippen LogP contribution is 2.18. The molecule has 2 aromatic rings. The smallest absolute Gasteiger partial charge is 0.203 e. The van der Waals surface area contributed by atoms with Gasteiger partial charge in [0.1, 0.15) is 5.75 Å². The molecule has 0 bridgehead atoms. The van der Waals surface area contributed by atoms with Gasteiger partial charge in [0.25, 0.3) is 0 Å². The third-order valence-corrected chi connectivity index (χ3v) is 3.32. The van der Waals surface area contributed by atoms with Gasteiger partial charge in [-0.1, -0.05) is 17.7 Å². The van der Waals surface area contributed by atoms with Gasteiger partial charge >= 0.3 is 0 Å². The zero-order valence-corrected chi connectivity index (χ0v) is 12.4. The van der Waals surface area contributed by atoms with Crippen LogP contribution in [0.5, 0.6) is 5.75 Å². The van der Waals surface area contributed by atoms with Gasteiger partial charge in [-0.05, 0) is 56.7 Å². The molecule has 3 heteroatoms. The molecule has 0 aliphatic rings. The molecule has 0 aliphatic carbocycles. The number of benzene rings is 2. The van der Waals surface area contributed by atoms with Crippen LogP contribution >= 0.6 is 0 Å². The van der Waals surface area contributed by atoms with Gasteiger partial charge in [0.05, 0.1) is 11.6 Å². The minimum absolute atomic E-state index is 0.0411. The molecule has 0 aliphatic heterocycles. The summed E-state index contributed by atoms with van der Waals surface area (Å²) in [5, 5.41) is 8.76. The van der Waals surface area contributed by atoms with Crippen LogP contribution in [0.2, 0.25) is 0 Å². The highest BCUT2D eigenvalue weighted by molar-refractivity contribution is 6.00. The van der Waals surface area contributed by atoms with E-state index < -0.39 is 6.10 Å². The molecule has 0 saturated heterocycles. The van der Waals surface area contributed by atoms with Crippen molar-refractivity contribution in [2.45, 2.75) is 26.9 Å². The van der Waals surface area contributed by atoms with Crippen LogP contribution < -0.4 is 4.74 Å². The summed E-state index contributed by atoms with van der Waals surface area (Å²) in [7, 11) is 0. The van der Waals surface area contributed by atoms with E-state index in [0.29, 0.717) is 16.9 Å². The van der Waals surface area contributed by atoms with Gasteiger partial charge < -0.3 is 4.74 Å². The molecule has 0 radical (unpaired) electrons. The summed E-state index contributed by atoms with van der Waals surface area (Å²) in [5.41, 5.74) is 3.25. The minimum atomic E-state index is -0.571. The first-order valence-electron chi connectivity index (χ1n) is 6.79. The van der Waals surface area contributed by atoms with E-state index in [-0.39, 0.29) is 5.78 Å². The second kappa shape index (κ2) is 6.23. The van der Waals surface area contributed by atoms with Crippen LogP contribution in [0.25, 0.3) is 0 Å². The predicted molar refractivity (Wildman–Crippen MR) is 81.5 cm³/mol. The number of nitriles is 1. The normalized spacial score (nSPS) is 11.5. The Balaban J connectivity index is 2.15. The molecule has 106 valence electrons. The van der Waals surface area contributed by atoms with Crippen molar-refractivity contribution in [1.82, 2.24) is 0 Å². The van der Waals surface area contributed by atoms with Crippen LogP contribution in [0, 0.1) is 25.2 Å². The summed E-state index contributed by atoms with van der Waals surface area (Å²) < 4.78 is 5.67. The number of aryl methyl sites for hydroxylation is 2. The number of nitrogens with zero attached hydrogens (tertiary/aromatic N) is 1. The van der Waals surface area contributed by atoms with Gasteiger partial charge in [-0.25, -0.2) is 0 Å². The molecule has 3 nitrogen and oxygen atoms in total. The van der Waals surface area contributed by atoms with Crippen LogP contribution in [0.1, 0.15) is 34.0 Å². The number of hydrogen-bond donors (Lipinski definition) is 0. The topological polar surface area (TPSA) is 50.1 Å². The maximum atomic E-state index is 12.5. The van der Waals surface area contributed by atoms with E-state index in [2.05, 4.69) is 0 Å². The lowest BCUT2D eigenvalue weighted by molar-refractivity contribution is 0.0817. The first-order valence-corrected chi connectivity index (χ1v) is 6.79. The molecule has 0 spiro atoms. The summed E-state index contributed by atoms with van der Waals surface area (Å²) in [6.07, 6.45) is -0.571. The van der Waals surface area contributed by atoms with Crippen molar-refractivity contribution >= 4 is 5.78 Å². The van der Waals surface area contributed by atoms with E-state index in [0.717, 1.165) is 11.1 Å². The molecule has 0 aromatic heterocycles. The van der Waals surface area contributed by atoms with E-state index in [1.807, 2.05) is 38.1 Å². The third kappa shape index (κ3) is 3.49. The molecule has 2 rings (SSSR count). The fourth-order valence-corrected chi connectivity index (χ4v) is 2.09. The highest BCUT2D eigenvalue weighted by Gasteiger charge is 2.18. The summed E-state index contributed by atoms with van der Waals surface area (Å²) in [4.78, 5) is 12.5. The van der Waals surface area contributed by atoms with Crippen molar-refractivity contribution in [3.8, 4) is 11.8 Å². The first kappa shape index (κ1) is 14.8. The zero-order valence-electron chi connectivity index (χ0n) is 12.4. The van der Waals surface area contributed by atoms with Crippen LogP contribution in [-0.4, -0.2) is 11.9 Å². The Morgan fingerprint density at radius 1 is 1.14 bits per heavy atom. The molecule has 0 heterocycles. The second-order valence-electron chi connectivity index (χ2n) is 5.08. The SMILES string of the molecule is Cc1ccc(C)c(C(=O)[C@H](C)Oc2ccc(C#N)cc2)c1. The van der Waals surface area contributed by atoms with E-state index in [9.17, 15) is 4.79 Å². The van der Waals surface area contributed by atoms with Crippen molar-refractivity contribution in [2.75, 3.05) is 0 Å². The molecule has 0 amide bonds. The van der Waals surface area contributed by atoms with E-state index in [1.165, 1.54) is 0 Å². The lowest BCUT2D eigenvalue weighted by atomic mass is 9.99. The van der Waals surface area contributed by atoms with Crippen molar-refractivity contribution in [1.29, 1.82) is 5.26 Å². The Kier molecular flexibility index (Phi) is 4.39. The molecule has 0 saturated carbocycles. The summed E-state index contributed by atoms with van der Waals surface area (Å²) in [6, 6.07) is 14.6. The molecule has 2 aromatic carbocycles. The Bertz CT molecular complexity index is 696. The monoisotopic (exact) mass is 279 g/mol. The standard InChI is InChI=1S/C18H17NO2/c1-12-4-5-13(2)17(10-12)18(20)14(3)21-16-8-6-15(11-19)7-9-16/h4-10,14H,1-3H3/t14-/m0/s1. The number of ketones is 1. The first-order chi connectivity index (χ1) is 10.0. The molecule has 0 fully saturated rings. The lowest BCUT2D eigenvalue weighted by Crippen LogP contribution is -2.24. The van der Waals surface area contributed by atoms with Gasteiger partial charge in [0, 0.05) is 5.56 Å². The fourth-order valence-electron chi connectivity index (χ4n) is 2.09. The number of ether oxygens (including phenoxy) is 1. The Labute approximate surface area is 124 Å². The van der Waals surface area contributed by atoms with Gasteiger partial charge in [0.15, 0.2) is 6.10 Å². The van der Waals surface area contributed by atoms with Crippen molar-refractivity contribution in [3.05, 3.63) is 64.7 Å². The molecule has 1 atom stereocenters. The number of hydrogen-bond acceptors (Lipinski definition) is 3. The average molecular weight is 279 g/mol. The number of carbonyl (C=O) groups excluding carboxylic acids is 1. The van der Waals surface area contributed by atoms with Crippen LogP contribution in [0.15, 0.2) is 42.5 Å². The fraction of sp³-hybridized carbons (Fsp3) is 0.222. The number of carbonyl (C=O) groups is 1. The zero-order chi connectivity index (χ0) is 15.4. The number of Topliss-reactive ketones (excluding diaryl/α,β-unsaturated/α-hetero) is 1. The van der Waals surface area contributed by atoms with Crippen molar-refractivity contribution < 1.29 is 9.53 Å². The maximum absolute atomic E-state index is 12.5. The predicted octanol–water partition coefficient (Wildman–Crippen LogP) is 3.83. The van der Waals surface area contributed by atoms with Gasteiger partial charge in [-0.15, -0.1) is 0 Å². The largest absolute Gasteiger partial charge is 0.483 e. The van der Waals surface area contributed by atoms with Crippen LogP contribution in [-0.2, 0) is 0 Å². The quantitative estimate of drug-likeness (QED) is 0.799. The van der Waals surface area contributed by atoms with E-state index >= 15 is 0 Å². The Hall–Kier alpha value is -2.60. The van der Waals surface area contributed by atoms with Crippen LogP contribution in [0.4, 0.5) is 0 Å². The van der Waals surface area contributed by atoms with E-state index in [4.69, 9.17) is 10.00 Å². The van der Waals surface area contributed by atoms with E-state index in [1.54, 1.807) is 31.2 Å². The lowest BCUT2D eigenvalue weighted by Gasteiger charge is -2.15. The van der Waals surface area contributed by atoms with Crippen molar-refractivity contribution in [3.63, 3.8) is 0 Å². The summed E-state index contributed by atoms with van der Waals surface area (Å²) >= 11 is 0. The van der Waals surface area contributed by atoms with Crippen molar-refractivity contribution in [2.24, 2.45) is 0 Å². The summed E-state index contributed by atoms with van der Waals surface area (Å²) in [6.45, 7) is 5.62.